The number of carboxylic acids is 1. The third kappa shape index (κ3) is 9.99. The van der Waals surface area contributed by atoms with Crippen LogP contribution in [0.1, 0.15) is 38.1 Å². The van der Waals surface area contributed by atoms with Crippen molar-refractivity contribution in [3.8, 4) is 0 Å². The Bertz CT molecular complexity index is 664. The standard InChI is InChI=1S/C12H12N5O3.C6H15P.Au/c18-11(19)10(8-4-2-1-3-5-8)15-12(20)13-6-9-7-14-17-16-9;1-4-7(5-2)6-3;/h1-5,10H,6H2,(H,18,19)(H2,13,15,20)(H,14,16,17);4-6H2,1-3H3;/q-1;;+1/t10-;;/m1../s1. The van der Waals surface area contributed by atoms with Crippen molar-refractivity contribution in [2.24, 2.45) is 0 Å². The van der Waals surface area contributed by atoms with Crippen LogP contribution in [0.2, 0.25) is 0 Å². The van der Waals surface area contributed by atoms with Gasteiger partial charge in [-0.25, -0.2) is 9.59 Å². The van der Waals surface area contributed by atoms with E-state index in [-0.39, 0.29) is 28.9 Å². The molecule has 0 aliphatic carbocycles. The van der Waals surface area contributed by atoms with Crippen molar-refractivity contribution in [3.63, 3.8) is 0 Å². The number of carbonyl (C=O) groups is 2. The SMILES string of the molecule is CCP(CC)CC.O=C(NCc1[c-]nn[nH]1)N[C@@H](C(=O)O)c1ccccc1.[Au+]. The second-order valence-corrected chi connectivity index (χ2v) is 8.77. The number of urea groups is 1. The molecular weight excluding hydrogens is 562 g/mol. The molecule has 10 heteroatoms. The fourth-order valence-electron chi connectivity index (χ4n) is 2.23. The molecule has 0 fully saturated rings. The van der Waals surface area contributed by atoms with Gasteiger partial charge in [-0.1, -0.05) is 51.1 Å². The minimum absolute atomic E-state index is 0. The Kier molecular flexibility index (Phi) is 14.3. The number of rotatable bonds is 8. The van der Waals surface area contributed by atoms with Crippen molar-refractivity contribution in [3.05, 3.63) is 47.8 Å². The molecule has 1 atom stereocenters. The predicted octanol–water partition coefficient (Wildman–Crippen LogP) is 2.76. The summed E-state index contributed by atoms with van der Waals surface area (Å²) in [6.45, 7) is 7.00. The van der Waals surface area contributed by atoms with E-state index < -0.39 is 18.0 Å². The van der Waals surface area contributed by atoms with Crippen molar-refractivity contribution >= 4 is 19.9 Å². The van der Waals surface area contributed by atoms with Gasteiger partial charge in [0.2, 0.25) is 0 Å². The molecule has 0 aliphatic rings. The molecule has 2 amide bonds. The van der Waals surface area contributed by atoms with Crippen LogP contribution in [-0.2, 0) is 33.7 Å². The summed E-state index contributed by atoms with van der Waals surface area (Å²) < 4.78 is 0. The molecule has 4 N–H and O–H groups in total. The summed E-state index contributed by atoms with van der Waals surface area (Å²) in [6.07, 6.45) is 6.78. The van der Waals surface area contributed by atoms with Crippen molar-refractivity contribution in [1.82, 2.24) is 26.0 Å². The number of nitrogens with one attached hydrogen (secondary N) is 3. The molecule has 1 heterocycles. The Morgan fingerprint density at radius 3 is 2.21 bits per heavy atom. The van der Waals surface area contributed by atoms with Crippen LogP contribution in [0.5, 0.6) is 0 Å². The summed E-state index contributed by atoms with van der Waals surface area (Å²) >= 11 is 0. The van der Waals surface area contributed by atoms with Crippen LogP contribution in [0.3, 0.4) is 0 Å². The molecule has 0 aliphatic heterocycles. The third-order valence-corrected chi connectivity index (χ3v) is 6.53. The van der Waals surface area contributed by atoms with E-state index in [1.165, 1.54) is 18.5 Å². The van der Waals surface area contributed by atoms with Gasteiger partial charge in [-0.15, -0.1) is 18.8 Å². The molecule has 0 radical (unpaired) electrons. The number of carbonyl (C=O) groups excluding carboxylic acids is 1. The number of aromatic amines is 1. The summed E-state index contributed by atoms with van der Waals surface area (Å²) in [5.41, 5.74) is 0.983. The maximum absolute atomic E-state index is 11.7. The minimum Gasteiger partial charge on any atom is -0.479 e. The first kappa shape index (κ1) is 26.3. The summed E-state index contributed by atoms with van der Waals surface area (Å²) in [4.78, 5) is 22.9. The first-order valence-electron chi connectivity index (χ1n) is 8.83. The molecule has 0 spiro atoms. The number of nitrogens with zero attached hydrogens (tertiary/aromatic N) is 2. The molecule has 28 heavy (non-hydrogen) atoms. The zero-order valence-electron chi connectivity index (χ0n) is 16.2. The van der Waals surface area contributed by atoms with Gasteiger partial charge in [-0.3, -0.25) is 5.10 Å². The summed E-state index contributed by atoms with van der Waals surface area (Å²) in [7, 11) is 0.446. The normalized spacial score (nSPS) is 10.9. The van der Waals surface area contributed by atoms with Crippen LogP contribution in [0.15, 0.2) is 30.3 Å². The fraction of sp³-hybridized carbons (Fsp3) is 0.444. The molecular formula is C18H27AuN5O3P. The van der Waals surface area contributed by atoms with Crippen molar-refractivity contribution in [1.29, 1.82) is 0 Å². The zero-order chi connectivity index (χ0) is 20.1. The molecule has 1 aromatic heterocycles. The monoisotopic (exact) mass is 589 g/mol. The fourth-order valence-corrected chi connectivity index (χ4v) is 3.57. The number of H-pyrrole nitrogens is 1. The second-order valence-electron chi connectivity index (χ2n) is 5.53. The number of hydrogen-bond acceptors (Lipinski definition) is 4. The maximum atomic E-state index is 11.7. The smallest absolute Gasteiger partial charge is 0.479 e. The number of amides is 2. The number of benzene rings is 1. The average molecular weight is 589 g/mol. The molecule has 1 aromatic carbocycles. The van der Waals surface area contributed by atoms with Crippen LogP contribution in [0, 0.1) is 6.20 Å². The molecule has 158 valence electrons. The maximum Gasteiger partial charge on any atom is 1.00 e. The van der Waals surface area contributed by atoms with Gasteiger partial charge in [-0.2, -0.15) is 0 Å². The molecule has 2 rings (SSSR count). The van der Waals surface area contributed by atoms with Gasteiger partial charge in [-0.05, 0) is 24.0 Å². The van der Waals surface area contributed by atoms with Crippen molar-refractivity contribution < 1.29 is 37.1 Å². The Labute approximate surface area is 182 Å². The summed E-state index contributed by atoms with van der Waals surface area (Å²) in [6, 6.07) is 6.72. The van der Waals surface area contributed by atoms with Gasteiger partial charge < -0.3 is 27.0 Å². The van der Waals surface area contributed by atoms with Crippen LogP contribution >= 0.6 is 7.92 Å². The van der Waals surface area contributed by atoms with Gasteiger partial charge in [0.1, 0.15) is 0 Å². The van der Waals surface area contributed by atoms with E-state index >= 15 is 0 Å². The van der Waals surface area contributed by atoms with Gasteiger partial charge >= 0.3 is 34.4 Å². The van der Waals surface area contributed by atoms with E-state index in [9.17, 15) is 9.59 Å². The topological polar surface area (TPSA) is 120 Å². The number of aromatic nitrogens is 3. The van der Waals surface area contributed by atoms with Crippen molar-refractivity contribution in [2.75, 3.05) is 18.5 Å². The quantitative estimate of drug-likeness (QED) is 0.215. The van der Waals surface area contributed by atoms with Gasteiger partial charge in [0.25, 0.3) is 0 Å². The van der Waals surface area contributed by atoms with Crippen LogP contribution in [0.25, 0.3) is 0 Å². The number of carboxylic acid groups (broad SMARTS) is 1. The van der Waals surface area contributed by atoms with Crippen LogP contribution < -0.4 is 10.6 Å². The van der Waals surface area contributed by atoms with Crippen LogP contribution in [-0.4, -0.2) is 51.0 Å². The average Bonchev–Trinajstić information content (AvgIpc) is 3.20. The molecule has 0 bridgehead atoms. The van der Waals surface area contributed by atoms with Crippen LogP contribution in [0.4, 0.5) is 4.79 Å². The van der Waals surface area contributed by atoms with E-state index in [1.807, 2.05) is 0 Å². The number of aliphatic carboxylic acids is 1. The molecule has 0 saturated carbocycles. The number of hydrogen-bond donors (Lipinski definition) is 4. The van der Waals surface area contributed by atoms with Gasteiger partial charge in [0, 0.05) is 6.54 Å². The Morgan fingerprint density at radius 1 is 1.18 bits per heavy atom. The van der Waals surface area contributed by atoms with E-state index in [2.05, 4.69) is 53.0 Å². The Hall–Kier alpha value is -1.73. The van der Waals surface area contributed by atoms with E-state index in [1.54, 1.807) is 30.3 Å². The largest absolute Gasteiger partial charge is 1.00 e. The second kappa shape index (κ2) is 15.2. The molecule has 0 saturated heterocycles. The first-order valence-corrected chi connectivity index (χ1v) is 10.7. The summed E-state index contributed by atoms with van der Waals surface area (Å²) in [5, 5.41) is 23.4. The van der Waals surface area contributed by atoms with Crippen molar-refractivity contribution in [2.45, 2.75) is 33.4 Å². The summed E-state index contributed by atoms with van der Waals surface area (Å²) in [5.74, 6) is -1.14. The first-order chi connectivity index (χ1) is 13.0. The molecule has 0 unspecified atom stereocenters. The third-order valence-electron chi connectivity index (χ3n) is 3.84. The Balaban J connectivity index is 0.000000786. The zero-order valence-corrected chi connectivity index (χ0v) is 19.3. The van der Waals surface area contributed by atoms with Gasteiger partial charge in [0.15, 0.2) is 6.04 Å². The molecule has 8 nitrogen and oxygen atoms in total. The predicted molar refractivity (Wildman–Crippen MR) is 106 cm³/mol. The van der Waals surface area contributed by atoms with E-state index in [0.717, 1.165) is 0 Å². The van der Waals surface area contributed by atoms with E-state index in [0.29, 0.717) is 19.2 Å². The Morgan fingerprint density at radius 2 is 1.79 bits per heavy atom. The van der Waals surface area contributed by atoms with Gasteiger partial charge in [0.05, 0.1) is 0 Å². The van der Waals surface area contributed by atoms with E-state index in [4.69, 9.17) is 5.11 Å². The minimum atomic E-state index is -1.14. The molecule has 2 aromatic rings.